The number of urea groups is 1. The second-order valence-corrected chi connectivity index (χ2v) is 6.31. The predicted octanol–water partition coefficient (Wildman–Crippen LogP) is 2.82. The van der Waals surface area contributed by atoms with Crippen molar-refractivity contribution in [2.75, 3.05) is 32.1 Å². The lowest BCUT2D eigenvalue weighted by Gasteiger charge is -2.33. The van der Waals surface area contributed by atoms with E-state index in [1.165, 1.54) is 0 Å². The molecule has 22 heavy (non-hydrogen) atoms. The van der Waals surface area contributed by atoms with Gasteiger partial charge in [0.05, 0.1) is 0 Å². The van der Waals surface area contributed by atoms with E-state index in [0.717, 1.165) is 44.8 Å². The molecule has 2 heterocycles. The zero-order valence-corrected chi connectivity index (χ0v) is 13.9. The maximum absolute atomic E-state index is 12.3. The Morgan fingerprint density at radius 1 is 1.45 bits per heavy atom. The molecule has 6 heteroatoms. The Balaban J connectivity index is 1.77. The summed E-state index contributed by atoms with van der Waals surface area (Å²) < 4.78 is 6.86. The van der Waals surface area contributed by atoms with Crippen LogP contribution in [0.15, 0.2) is 12.3 Å². The Morgan fingerprint density at radius 2 is 2.18 bits per heavy atom. The molecule has 1 N–H and O–H groups in total. The predicted molar refractivity (Wildman–Crippen MR) is 86.9 cm³/mol. The number of likely N-dealkylation sites (tertiary alicyclic amines) is 1. The summed E-state index contributed by atoms with van der Waals surface area (Å²) in [6, 6.07) is 1.80. The van der Waals surface area contributed by atoms with E-state index in [1.54, 1.807) is 7.11 Å². The number of anilines is 1. The molecular weight excluding hydrogens is 280 g/mol. The summed E-state index contributed by atoms with van der Waals surface area (Å²) in [7, 11) is 1.69. The molecule has 1 aliphatic rings. The fraction of sp³-hybridized carbons (Fsp3) is 0.750. The minimum atomic E-state index is -0.0376. The highest BCUT2D eigenvalue weighted by Crippen LogP contribution is 2.24. The van der Waals surface area contributed by atoms with Crippen molar-refractivity contribution in [3.63, 3.8) is 0 Å². The van der Waals surface area contributed by atoms with Crippen LogP contribution in [0.5, 0.6) is 0 Å². The molecule has 1 aromatic rings. The van der Waals surface area contributed by atoms with Crippen LogP contribution in [-0.2, 0) is 11.3 Å². The molecule has 2 amide bonds. The molecule has 0 atom stereocenters. The second kappa shape index (κ2) is 8.17. The summed E-state index contributed by atoms with van der Waals surface area (Å²) in [5.41, 5.74) is 0. The van der Waals surface area contributed by atoms with Gasteiger partial charge in [-0.2, -0.15) is 5.10 Å². The summed E-state index contributed by atoms with van der Waals surface area (Å²) in [4.78, 5) is 14.2. The van der Waals surface area contributed by atoms with E-state index in [2.05, 4.69) is 24.3 Å². The molecule has 0 saturated carbocycles. The number of hydrogen-bond acceptors (Lipinski definition) is 3. The second-order valence-electron chi connectivity index (χ2n) is 6.31. The number of carbonyl (C=O) groups is 1. The van der Waals surface area contributed by atoms with E-state index in [1.807, 2.05) is 21.8 Å². The van der Waals surface area contributed by atoms with Crippen LogP contribution in [0, 0.1) is 11.8 Å². The molecule has 0 bridgehead atoms. The first-order valence-corrected chi connectivity index (χ1v) is 8.18. The van der Waals surface area contributed by atoms with Crippen molar-refractivity contribution in [2.24, 2.45) is 11.8 Å². The van der Waals surface area contributed by atoms with E-state index in [-0.39, 0.29) is 6.03 Å². The topological polar surface area (TPSA) is 59.4 Å². The van der Waals surface area contributed by atoms with Crippen LogP contribution < -0.4 is 5.32 Å². The van der Waals surface area contributed by atoms with E-state index in [0.29, 0.717) is 18.3 Å². The third kappa shape index (κ3) is 4.73. The van der Waals surface area contributed by atoms with Gasteiger partial charge in [-0.1, -0.05) is 13.8 Å². The largest absolute Gasteiger partial charge is 0.385 e. The zero-order valence-electron chi connectivity index (χ0n) is 13.9. The van der Waals surface area contributed by atoms with Crippen molar-refractivity contribution in [2.45, 2.75) is 39.7 Å². The van der Waals surface area contributed by atoms with Gasteiger partial charge in [-0.3, -0.25) is 10.00 Å². The first kappa shape index (κ1) is 16.8. The lowest BCUT2D eigenvalue weighted by Crippen LogP contribution is -2.41. The summed E-state index contributed by atoms with van der Waals surface area (Å²) in [6.07, 6.45) is 4.98. The van der Waals surface area contributed by atoms with Gasteiger partial charge < -0.3 is 9.64 Å². The molecule has 1 saturated heterocycles. The number of methoxy groups -OCH3 is 1. The molecular formula is C16H28N4O2. The van der Waals surface area contributed by atoms with Crippen LogP contribution in [0.3, 0.4) is 0 Å². The minimum absolute atomic E-state index is 0.0376. The lowest BCUT2D eigenvalue weighted by atomic mass is 9.87. The maximum Gasteiger partial charge on any atom is 0.323 e. The van der Waals surface area contributed by atoms with Crippen molar-refractivity contribution in [3.05, 3.63) is 12.3 Å². The molecule has 0 aliphatic carbocycles. The Kier molecular flexibility index (Phi) is 6.24. The van der Waals surface area contributed by atoms with E-state index in [9.17, 15) is 4.79 Å². The van der Waals surface area contributed by atoms with Gasteiger partial charge in [0.15, 0.2) is 5.82 Å². The Morgan fingerprint density at radius 3 is 2.82 bits per heavy atom. The number of carbonyl (C=O) groups excluding carboxylic acids is 1. The van der Waals surface area contributed by atoms with Gasteiger partial charge >= 0.3 is 6.03 Å². The van der Waals surface area contributed by atoms with E-state index < -0.39 is 0 Å². The van der Waals surface area contributed by atoms with Crippen molar-refractivity contribution < 1.29 is 9.53 Å². The summed E-state index contributed by atoms with van der Waals surface area (Å²) in [6.45, 7) is 7.70. The number of aryl methyl sites for hydroxylation is 1. The number of piperidine rings is 1. The minimum Gasteiger partial charge on any atom is -0.385 e. The van der Waals surface area contributed by atoms with Crippen molar-refractivity contribution in [3.8, 4) is 0 Å². The van der Waals surface area contributed by atoms with Crippen LogP contribution in [-0.4, -0.2) is 47.5 Å². The van der Waals surface area contributed by atoms with Gasteiger partial charge in [0, 0.05) is 45.6 Å². The van der Waals surface area contributed by atoms with Crippen molar-refractivity contribution in [1.29, 1.82) is 0 Å². The zero-order chi connectivity index (χ0) is 15.9. The van der Waals surface area contributed by atoms with Gasteiger partial charge in [-0.15, -0.1) is 0 Å². The molecule has 0 spiro atoms. The fourth-order valence-electron chi connectivity index (χ4n) is 2.88. The van der Waals surface area contributed by atoms with Gasteiger partial charge in [0.1, 0.15) is 0 Å². The first-order chi connectivity index (χ1) is 10.6. The summed E-state index contributed by atoms with van der Waals surface area (Å²) >= 11 is 0. The van der Waals surface area contributed by atoms with Gasteiger partial charge in [-0.05, 0) is 31.1 Å². The van der Waals surface area contributed by atoms with Crippen LogP contribution in [0.4, 0.5) is 10.6 Å². The van der Waals surface area contributed by atoms with Gasteiger partial charge in [-0.25, -0.2) is 4.79 Å². The average Bonchev–Trinajstić information content (AvgIpc) is 2.95. The molecule has 124 valence electrons. The number of rotatable bonds is 6. The third-order valence-electron chi connectivity index (χ3n) is 4.38. The van der Waals surface area contributed by atoms with Crippen molar-refractivity contribution >= 4 is 11.8 Å². The molecule has 0 aromatic carbocycles. The fourth-order valence-corrected chi connectivity index (χ4v) is 2.88. The standard InChI is InChI=1S/C16H28N4O2/c1-13(2)14-5-9-19(10-6-14)16(21)17-15-7-11-20(18-15)8-4-12-22-3/h7,11,13-14H,4-6,8-10,12H2,1-3H3,(H,17,18,21). The smallest absolute Gasteiger partial charge is 0.323 e. The third-order valence-corrected chi connectivity index (χ3v) is 4.38. The molecule has 0 radical (unpaired) electrons. The molecule has 2 rings (SSSR count). The monoisotopic (exact) mass is 308 g/mol. The quantitative estimate of drug-likeness (QED) is 0.822. The van der Waals surface area contributed by atoms with Gasteiger partial charge in [0.25, 0.3) is 0 Å². The van der Waals surface area contributed by atoms with Crippen LogP contribution in [0.1, 0.15) is 33.1 Å². The highest BCUT2D eigenvalue weighted by atomic mass is 16.5. The number of amides is 2. The summed E-state index contributed by atoms with van der Waals surface area (Å²) in [5.74, 6) is 2.06. The maximum atomic E-state index is 12.3. The number of ether oxygens (including phenoxy) is 1. The highest BCUT2D eigenvalue weighted by Gasteiger charge is 2.24. The van der Waals surface area contributed by atoms with Gasteiger partial charge in [0.2, 0.25) is 0 Å². The highest BCUT2D eigenvalue weighted by molar-refractivity contribution is 5.88. The Labute approximate surface area is 132 Å². The lowest BCUT2D eigenvalue weighted by molar-refractivity contribution is 0.167. The molecule has 1 aromatic heterocycles. The molecule has 6 nitrogen and oxygen atoms in total. The molecule has 1 aliphatic heterocycles. The number of hydrogen-bond donors (Lipinski definition) is 1. The normalized spacial score (nSPS) is 16.3. The van der Waals surface area contributed by atoms with Crippen LogP contribution in [0.2, 0.25) is 0 Å². The van der Waals surface area contributed by atoms with Crippen LogP contribution >= 0.6 is 0 Å². The SMILES string of the molecule is COCCCn1ccc(NC(=O)N2CCC(C(C)C)CC2)n1. The number of nitrogens with zero attached hydrogens (tertiary/aromatic N) is 3. The average molecular weight is 308 g/mol. The van der Waals surface area contributed by atoms with E-state index >= 15 is 0 Å². The number of aromatic nitrogens is 2. The molecule has 1 fully saturated rings. The number of nitrogens with one attached hydrogen (secondary N) is 1. The summed E-state index contributed by atoms with van der Waals surface area (Å²) in [5, 5.41) is 7.25. The first-order valence-electron chi connectivity index (χ1n) is 8.18. The van der Waals surface area contributed by atoms with Crippen molar-refractivity contribution in [1.82, 2.24) is 14.7 Å². The Hall–Kier alpha value is -1.56. The Bertz CT molecular complexity index is 464. The van der Waals surface area contributed by atoms with Crippen LogP contribution in [0.25, 0.3) is 0 Å². The molecule has 0 unspecified atom stereocenters. The van der Waals surface area contributed by atoms with E-state index in [4.69, 9.17) is 4.74 Å².